The zero-order chi connectivity index (χ0) is 16.9. The van der Waals surface area contributed by atoms with Gasteiger partial charge in [-0.2, -0.15) is 0 Å². The highest BCUT2D eigenvalue weighted by Crippen LogP contribution is 2.26. The molecule has 0 aromatic heterocycles. The van der Waals surface area contributed by atoms with Crippen molar-refractivity contribution in [1.82, 2.24) is 0 Å². The summed E-state index contributed by atoms with van der Waals surface area (Å²) in [4.78, 5) is 12.1. The average Bonchev–Trinajstić information content (AvgIpc) is 2.65. The number of carbonyl (C=O) groups excluding carboxylic acids is 1. The largest absolute Gasteiger partial charge is 0.496 e. The molecule has 0 aliphatic carbocycles. The van der Waals surface area contributed by atoms with Crippen LogP contribution in [0.2, 0.25) is 0 Å². The first-order valence-corrected chi connectivity index (χ1v) is 7.65. The Hall–Kier alpha value is -3.07. The highest BCUT2D eigenvalue weighted by molar-refractivity contribution is 5.99. The van der Waals surface area contributed by atoms with Crippen molar-refractivity contribution < 1.29 is 14.3 Å². The Morgan fingerprint density at radius 1 is 0.833 bits per heavy atom. The van der Waals surface area contributed by atoms with E-state index in [0.29, 0.717) is 11.3 Å². The van der Waals surface area contributed by atoms with Crippen molar-refractivity contribution in [2.24, 2.45) is 0 Å². The maximum Gasteiger partial charge on any atom is 0.342 e. The van der Waals surface area contributed by atoms with E-state index in [4.69, 9.17) is 9.47 Å². The van der Waals surface area contributed by atoms with E-state index in [1.807, 2.05) is 42.5 Å². The van der Waals surface area contributed by atoms with E-state index in [2.05, 4.69) is 24.3 Å². The molecule has 3 rings (SSSR count). The van der Waals surface area contributed by atoms with Gasteiger partial charge in [0.2, 0.25) is 0 Å². The molecule has 0 fully saturated rings. The Kier molecular flexibility index (Phi) is 4.62. The van der Waals surface area contributed by atoms with Gasteiger partial charge in [-0.25, -0.2) is 4.79 Å². The van der Waals surface area contributed by atoms with Crippen LogP contribution in [0.25, 0.3) is 22.9 Å². The van der Waals surface area contributed by atoms with Crippen LogP contribution in [-0.2, 0) is 4.74 Å². The van der Waals surface area contributed by atoms with Gasteiger partial charge >= 0.3 is 5.97 Å². The van der Waals surface area contributed by atoms with Crippen LogP contribution in [0.4, 0.5) is 0 Å². The van der Waals surface area contributed by atoms with Crippen molar-refractivity contribution in [2.45, 2.75) is 0 Å². The minimum atomic E-state index is -0.412. The predicted octanol–water partition coefficient (Wildman–Crippen LogP) is 4.81. The molecular weight excluding hydrogens is 300 g/mol. The molecule has 3 heteroatoms. The Bertz CT molecular complexity index is 905. The van der Waals surface area contributed by atoms with Crippen LogP contribution in [0.1, 0.15) is 21.5 Å². The Balaban J connectivity index is 2.07. The van der Waals surface area contributed by atoms with Crippen molar-refractivity contribution in [3.63, 3.8) is 0 Å². The topological polar surface area (TPSA) is 35.5 Å². The standard InChI is InChI=1S/C21H18O3/c1-23-19-12-6-10-17(20(19)21(22)24-2)14-13-16-9-5-8-15-7-3-4-11-18(15)16/h3-14H,1-2H3/b14-13+. The number of ether oxygens (including phenoxy) is 2. The predicted molar refractivity (Wildman–Crippen MR) is 97.2 cm³/mol. The van der Waals surface area contributed by atoms with Crippen LogP contribution in [0, 0.1) is 0 Å². The molecule has 0 aliphatic heterocycles. The molecule has 0 N–H and O–H groups in total. The maximum atomic E-state index is 12.1. The van der Waals surface area contributed by atoms with E-state index in [-0.39, 0.29) is 0 Å². The van der Waals surface area contributed by atoms with Crippen LogP contribution in [0.3, 0.4) is 0 Å². The van der Waals surface area contributed by atoms with E-state index >= 15 is 0 Å². The number of rotatable bonds is 4. The number of hydrogen-bond donors (Lipinski definition) is 0. The van der Waals surface area contributed by atoms with E-state index in [1.165, 1.54) is 17.9 Å². The summed E-state index contributed by atoms with van der Waals surface area (Å²) in [6, 6.07) is 19.8. The minimum absolute atomic E-state index is 0.412. The van der Waals surface area contributed by atoms with Crippen molar-refractivity contribution in [2.75, 3.05) is 14.2 Å². The number of esters is 1. The summed E-state index contributed by atoms with van der Waals surface area (Å²) < 4.78 is 10.2. The second-order valence-electron chi connectivity index (χ2n) is 5.32. The minimum Gasteiger partial charge on any atom is -0.496 e. The van der Waals surface area contributed by atoms with Crippen LogP contribution in [0.5, 0.6) is 5.75 Å². The Morgan fingerprint density at radius 3 is 2.29 bits per heavy atom. The molecule has 0 aliphatic rings. The number of benzene rings is 3. The van der Waals surface area contributed by atoms with Crippen LogP contribution < -0.4 is 4.74 Å². The number of hydrogen-bond acceptors (Lipinski definition) is 3. The van der Waals surface area contributed by atoms with Gasteiger partial charge in [0.15, 0.2) is 0 Å². The molecule has 3 aromatic rings. The molecule has 0 bridgehead atoms. The summed E-state index contributed by atoms with van der Waals surface area (Å²) in [6.45, 7) is 0. The summed E-state index contributed by atoms with van der Waals surface area (Å²) in [5.41, 5.74) is 2.28. The molecule has 0 radical (unpaired) electrons. The van der Waals surface area contributed by atoms with Gasteiger partial charge in [0.25, 0.3) is 0 Å². The van der Waals surface area contributed by atoms with Crippen molar-refractivity contribution in [3.8, 4) is 5.75 Å². The molecule has 0 spiro atoms. The van der Waals surface area contributed by atoms with Gasteiger partial charge in [-0.1, -0.05) is 66.7 Å². The number of methoxy groups -OCH3 is 2. The fourth-order valence-corrected chi connectivity index (χ4v) is 2.75. The summed E-state index contributed by atoms with van der Waals surface area (Å²) in [5, 5.41) is 2.34. The first-order valence-electron chi connectivity index (χ1n) is 7.65. The smallest absolute Gasteiger partial charge is 0.342 e. The first kappa shape index (κ1) is 15.8. The zero-order valence-electron chi connectivity index (χ0n) is 13.7. The number of carbonyl (C=O) groups is 1. The maximum absolute atomic E-state index is 12.1. The molecule has 0 heterocycles. The SMILES string of the molecule is COC(=O)c1c(/C=C/c2cccc3ccccc23)cccc1OC. The lowest BCUT2D eigenvalue weighted by atomic mass is 10.0. The fraction of sp³-hybridized carbons (Fsp3) is 0.0952. The summed E-state index contributed by atoms with van der Waals surface area (Å²) in [6.07, 6.45) is 3.92. The third-order valence-electron chi connectivity index (χ3n) is 3.93. The zero-order valence-corrected chi connectivity index (χ0v) is 13.7. The molecule has 0 atom stereocenters. The molecule has 0 saturated heterocycles. The van der Waals surface area contributed by atoms with Gasteiger partial charge in [0, 0.05) is 0 Å². The van der Waals surface area contributed by atoms with Gasteiger partial charge in [0.05, 0.1) is 14.2 Å². The van der Waals surface area contributed by atoms with Crippen molar-refractivity contribution >= 4 is 28.9 Å². The molecule has 0 amide bonds. The van der Waals surface area contributed by atoms with E-state index < -0.39 is 5.97 Å². The first-order chi connectivity index (χ1) is 11.7. The summed E-state index contributed by atoms with van der Waals surface area (Å²) in [7, 11) is 2.91. The molecule has 0 unspecified atom stereocenters. The second-order valence-corrected chi connectivity index (χ2v) is 5.32. The van der Waals surface area contributed by atoms with Crippen LogP contribution in [-0.4, -0.2) is 20.2 Å². The quantitative estimate of drug-likeness (QED) is 0.512. The number of fused-ring (bicyclic) bond motifs is 1. The van der Waals surface area contributed by atoms with Crippen LogP contribution >= 0.6 is 0 Å². The highest BCUT2D eigenvalue weighted by atomic mass is 16.5. The van der Waals surface area contributed by atoms with Gasteiger partial charge in [-0.05, 0) is 28.0 Å². The van der Waals surface area contributed by atoms with E-state index in [1.54, 1.807) is 13.2 Å². The fourth-order valence-electron chi connectivity index (χ4n) is 2.75. The average molecular weight is 318 g/mol. The van der Waals surface area contributed by atoms with Crippen molar-refractivity contribution in [1.29, 1.82) is 0 Å². The van der Waals surface area contributed by atoms with E-state index in [9.17, 15) is 4.79 Å². The Labute approximate surface area is 141 Å². The molecular formula is C21H18O3. The summed E-state index contributed by atoms with van der Waals surface area (Å²) in [5.74, 6) is 0.0898. The van der Waals surface area contributed by atoms with Gasteiger partial charge in [0.1, 0.15) is 11.3 Å². The van der Waals surface area contributed by atoms with Gasteiger partial charge < -0.3 is 9.47 Å². The normalized spacial score (nSPS) is 10.9. The lowest BCUT2D eigenvalue weighted by Crippen LogP contribution is -2.06. The molecule has 24 heavy (non-hydrogen) atoms. The van der Waals surface area contributed by atoms with Crippen molar-refractivity contribution in [3.05, 3.63) is 77.4 Å². The van der Waals surface area contributed by atoms with Gasteiger partial charge in [-0.3, -0.25) is 0 Å². The molecule has 0 saturated carbocycles. The third-order valence-corrected chi connectivity index (χ3v) is 3.93. The monoisotopic (exact) mass is 318 g/mol. The summed E-state index contributed by atoms with van der Waals surface area (Å²) >= 11 is 0. The Morgan fingerprint density at radius 2 is 1.50 bits per heavy atom. The van der Waals surface area contributed by atoms with E-state index in [0.717, 1.165) is 11.1 Å². The molecule has 3 nitrogen and oxygen atoms in total. The van der Waals surface area contributed by atoms with Crippen LogP contribution in [0.15, 0.2) is 60.7 Å². The molecule has 120 valence electrons. The lowest BCUT2D eigenvalue weighted by Gasteiger charge is -2.09. The highest BCUT2D eigenvalue weighted by Gasteiger charge is 2.16. The third kappa shape index (κ3) is 3.01. The molecule has 3 aromatic carbocycles. The second kappa shape index (κ2) is 7.01. The van der Waals surface area contributed by atoms with Gasteiger partial charge in [-0.15, -0.1) is 0 Å². The lowest BCUT2D eigenvalue weighted by molar-refractivity contribution is 0.0597.